The van der Waals surface area contributed by atoms with Crippen molar-refractivity contribution < 1.29 is 18.7 Å². The van der Waals surface area contributed by atoms with Crippen molar-refractivity contribution >= 4 is 12.0 Å². The maximum Gasteiger partial charge on any atom is 0.244 e. The fourth-order valence-corrected chi connectivity index (χ4v) is 2.90. The van der Waals surface area contributed by atoms with Gasteiger partial charge in [0, 0.05) is 30.2 Å². The van der Waals surface area contributed by atoms with Crippen LogP contribution in [0.4, 0.5) is 4.39 Å². The summed E-state index contributed by atoms with van der Waals surface area (Å²) in [5.74, 6) is 1.09. The third-order valence-corrected chi connectivity index (χ3v) is 4.13. The van der Waals surface area contributed by atoms with Crippen molar-refractivity contribution in [2.24, 2.45) is 0 Å². The topological polar surface area (TPSA) is 47.6 Å². The number of ether oxygens (including phenoxy) is 2. The van der Waals surface area contributed by atoms with Gasteiger partial charge in [0.1, 0.15) is 23.4 Å². The summed E-state index contributed by atoms with van der Waals surface area (Å²) < 4.78 is 24.4. The van der Waals surface area contributed by atoms with Gasteiger partial charge < -0.3 is 14.8 Å². The maximum atomic E-state index is 12.9. The molecule has 136 valence electrons. The number of hydrogen-bond donors (Lipinski definition) is 1. The Hall–Kier alpha value is -2.82. The highest BCUT2D eigenvalue weighted by atomic mass is 19.1. The SMILES string of the molecule is CCOc1cc2c(cc1CNC(=O)/C=C/c1ccc(F)cc1)O[C@@H](C)C2. The Morgan fingerprint density at radius 3 is 2.85 bits per heavy atom. The number of amides is 1. The van der Waals surface area contributed by atoms with E-state index < -0.39 is 0 Å². The van der Waals surface area contributed by atoms with E-state index in [0.717, 1.165) is 34.6 Å². The van der Waals surface area contributed by atoms with Gasteiger partial charge in [-0.2, -0.15) is 0 Å². The average Bonchev–Trinajstić information content (AvgIpc) is 2.98. The molecule has 1 aliphatic heterocycles. The standard InChI is InChI=1S/C21H22FNO3/c1-3-25-19-11-16-10-14(2)26-20(16)12-17(19)13-23-21(24)9-6-15-4-7-18(22)8-5-15/h4-9,11-12,14H,3,10,13H2,1-2H3,(H,23,24)/b9-6+/t14-/m0/s1. The quantitative estimate of drug-likeness (QED) is 0.800. The highest BCUT2D eigenvalue weighted by Gasteiger charge is 2.21. The number of benzene rings is 2. The molecule has 0 unspecified atom stereocenters. The van der Waals surface area contributed by atoms with Crippen LogP contribution in [0.15, 0.2) is 42.5 Å². The monoisotopic (exact) mass is 355 g/mol. The Morgan fingerprint density at radius 1 is 1.35 bits per heavy atom. The van der Waals surface area contributed by atoms with Gasteiger partial charge in [-0.3, -0.25) is 4.79 Å². The molecule has 0 aliphatic carbocycles. The van der Waals surface area contributed by atoms with Crippen LogP contribution < -0.4 is 14.8 Å². The fraction of sp³-hybridized carbons (Fsp3) is 0.286. The molecule has 0 bridgehead atoms. The third-order valence-electron chi connectivity index (χ3n) is 4.13. The Labute approximate surface area is 152 Å². The first-order valence-electron chi connectivity index (χ1n) is 8.72. The summed E-state index contributed by atoms with van der Waals surface area (Å²) in [7, 11) is 0. The van der Waals surface area contributed by atoms with Crippen LogP contribution in [0, 0.1) is 5.82 Å². The predicted octanol–water partition coefficient (Wildman–Crippen LogP) is 3.88. The zero-order valence-corrected chi connectivity index (χ0v) is 14.9. The Bertz CT molecular complexity index is 815. The Kier molecular flexibility index (Phi) is 5.56. The molecule has 0 radical (unpaired) electrons. The van der Waals surface area contributed by atoms with E-state index in [2.05, 4.69) is 5.32 Å². The van der Waals surface area contributed by atoms with Crippen molar-refractivity contribution in [1.29, 1.82) is 0 Å². The summed E-state index contributed by atoms with van der Waals surface area (Å²) in [5.41, 5.74) is 2.77. The number of carbonyl (C=O) groups is 1. The fourth-order valence-electron chi connectivity index (χ4n) is 2.90. The van der Waals surface area contributed by atoms with E-state index in [1.54, 1.807) is 18.2 Å². The highest BCUT2D eigenvalue weighted by molar-refractivity contribution is 5.91. The van der Waals surface area contributed by atoms with E-state index in [1.807, 2.05) is 26.0 Å². The van der Waals surface area contributed by atoms with Crippen LogP contribution in [-0.2, 0) is 17.8 Å². The van der Waals surface area contributed by atoms with Gasteiger partial charge in [0.25, 0.3) is 0 Å². The third kappa shape index (κ3) is 4.42. The first-order chi connectivity index (χ1) is 12.5. The Balaban J connectivity index is 1.66. The molecule has 1 aliphatic rings. The molecular weight excluding hydrogens is 333 g/mol. The van der Waals surface area contributed by atoms with E-state index in [1.165, 1.54) is 18.2 Å². The van der Waals surface area contributed by atoms with Crippen LogP contribution in [0.5, 0.6) is 11.5 Å². The molecule has 1 heterocycles. The van der Waals surface area contributed by atoms with Gasteiger partial charge >= 0.3 is 0 Å². The van der Waals surface area contributed by atoms with Gasteiger partial charge in [0.15, 0.2) is 0 Å². The largest absolute Gasteiger partial charge is 0.494 e. The van der Waals surface area contributed by atoms with Gasteiger partial charge in [-0.15, -0.1) is 0 Å². The minimum absolute atomic E-state index is 0.156. The van der Waals surface area contributed by atoms with E-state index >= 15 is 0 Å². The molecule has 4 nitrogen and oxygen atoms in total. The lowest BCUT2D eigenvalue weighted by atomic mass is 10.1. The summed E-state index contributed by atoms with van der Waals surface area (Å²) in [6.07, 6.45) is 4.09. The minimum Gasteiger partial charge on any atom is -0.494 e. The van der Waals surface area contributed by atoms with Gasteiger partial charge in [0.05, 0.1) is 6.61 Å². The molecule has 3 rings (SSSR count). The van der Waals surface area contributed by atoms with E-state index in [9.17, 15) is 9.18 Å². The first-order valence-corrected chi connectivity index (χ1v) is 8.72. The molecule has 0 aromatic heterocycles. The molecule has 1 N–H and O–H groups in total. The summed E-state index contributed by atoms with van der Waals surface area (Å²) in [6, 6.07) is 9.89. The molecular formula is C21H22FNO3. The smallest absolute Gasteiger partial charge is 0.244 e. The van der Waals surface area contributed by atoms with Gasteiger partial charge in [-0.05, 0) is 49.8 Å². The van der Waals surface area contributed by atoms with E-state index in [-0.39, 0.29) is 17.8 Å². The van der Waals surface area contributed by atoms with E-state index in [0.29, 0.717) is 13.2 Å². The molecule has 5 heteroatoms. The summed E-state index contributed by atoms with van der Waals surface area (Å²) >= 11 is 0. The number of carbonyl (C=O) groups excluding carboxylic acids is 1. The van der Waals surface area contributed by atoms with Crippen LogP contribution >= 0.6 is 0 Å². The zero-order valence-electron chi connectivity index (χ0n) is 14.9. The second-order valence-electron chi connectivity index (χ2n) is 6.24. The zero-order chi connectivity index (χ0) is 18.5. The number of fused-ring (bicyclic) bond motifs is 1. The van der Waals surface area contributed by atoms with Gasteiger partial charge in [-0.25, -0.2) is 4.39 Å². The molecule has 0 spiro atoms. The normalized spacial score (nSPS) is 15.6. The minimum atomic E-state index is -0.303. The second-order valence-corrected chi connectivity index (χ2v) is 6.24. The predicted molar refractivity (Wildman–Crippen MR) is 98.7 cm³/mol. The Morgan fingerprint density at radius 2 is 2.12 bits per heavy atom. The van der Waals surface area contributed by atoms with Crippen molar-refractivity contribution in [1.82, 2.24) is 5.32 Å². The number of rotatable bonds is 6. The molecule has 2 aromatic carbocycles. The first kappa shape index (κ1) is 18.0. The van der Waals surface area contributed by atoms with Crippen molar-refractivity contribution in [3.05, 3.63) is 65.0 Å². The summed E-state index contributed by atoms with van der Waals surface area (Å²) in [6.45, 7) is 4.86. The lowest BCUT2D eigenvalue weighted by molar-refractivity contribution is -0.116. The van der Waals surface area contributed by atoms with Crippen LogP contribution in [-0.4, -0.2) is 18.6 Å². The summed E-state index contributed by atoms with van der Waals surface area (Å²) in [5, 5.41) is 2.85. The van der Waals surface area contributed by atoms with Crippen LogP contribution in [0.2, 0.25) is 0 Å². The lowest BCUT2D eigenvalue weighted by Crippen LogP contribution is -2.20. The number of nitrogens with one attached hydrogen (secondary N) is 1. The van der Waals surface area contributed by atoms with Crippen LogP contribution in [0.1, 0.15) is 30.5 Å². The lowest BCUT2D eigenvalue weighted by Gasteiger charge is -2.13. The van der Waals surface area contributed by atoms with Gasteiger partial charge in [-0.1, -0.05) is 12.1 Å². The second kappa shape index (κ2) is 8.04. The molecule has 1 atom stereocenters. The van der Waals surface area contributed by atoms with E-state index in [4.69, 9.17) is 9.47 Å². The van der Waals surface area contributed by atoms with Crippen molar-refractivity contribution in [3.63, 3.8) is 0 Å². The van der Waals surface area contributed by atoms with Crippen molar-refractivity contribution in [2.75, 3.05) is 6.61 Å². The molecule has 1 amide bonds. The van der Waals surface area contributed by atoms with Crippen LogP contribution in [0.25, 0.3) is 6.08 Å². The molecule has 0 fully saturated rings. The van der Waals surface area contributed by atoms with Gasteiger partial charge in [0.2, 0.25) is 5.91 Å². The highest BCUT2D eigenvalue weighted by Crippen LogP contribution is 2.35. The molecule has 0 saturated heterocycles. The number of hydrogen-bond acceptors (Lipinski definition) is 3. The molecule has 0 saturated carbocycles. The average molecular weight is 355 g/mol. The van der Waals surface area contributed by atoms with Crippen molar-refractivity contribution in [3.8, 4) is 11.5 Å². The molecule has 26 heavy (non-hydrogen) atoms. The van der Waals surface area contributed by atoms with Crippen LogP contribution in [0.3, 0.4) is 0 Å². The summed E-state index contributed by atoms with van der Waals surface area (Å²) in [4.78, 5) is 12.1. The maximum absolute atomic E-state index is 12.9. The van der Waals surface area contributed by atoms with Crippen molar-refractivity contribution in [2.45, 2.75) is 32.9 Å². The number of halogens is 1. The molecule has 2 aromatic rings.